The first-order chi connectivity index (χ1) is 10.5. The Bertz CT molecular complexity index is 496. The molecule has 0 spiro atoms. The van der Waals surface area contributed by atoms with Gasteiger partial charge in [-0.05, 0) is 24.7 Å². The predicted octanol–water partition coefficient (Wildman–Crippen LogP) is 5.62. The lowest BCUT2D eigenvalue weighted by Crippen LogP contribution is -2.20. The van der Waals surface area contributed by atoms with Gasteiger partial charge < -0.3 is 4.74 Å². The normalized spacial score (nSPS) is 21.9. The zero-order valence-electron chi connectivity index (χ0n) is 12.8. The topological polar surface area (TPSA) is 9.23 Å². The first-order valence-electron chi connectivity index (χ1n) is 7.98. The molecule has 0 amide bonds. The Morgan fingerprint density at radius 3 is 2.23 bits per heavy atom. The fraction of sp³-hybridized carbons (Fsp3) is 0.647. The summed E-state index contributed by atoms with van der Waals surface area (Å²) in [6, 6.07) is 0.570. The first kappa shape index (κ1) is 17.1. The number of benzene rings is 1. The van der Waals surface area contributed by atoms with Crippen molar-refractivity contribution in [3.63, 3.8) is 0 Å². The largest absolute Gasteiger partial charge is 0.490 e. The SMILES string of the molecule is CCCC[C@H]1CC[C@H](COc2cc(F)c(F)c(F)c2F)CC1. The van der Waals surface area contributed by atoms with E-state index in [0.29, 0.717) is 6.07 Å². The van der Waals surface area contributed by atoms with Crippen LogP contribution in [0.3, 0.4) is 0 Å². The molecule has 0 atom stereocenters. The van der Waals surface area contributed by atoms with Crippen molar-refractivity contribution in [2.45, 2.75) is 51.9 Å². The third kappa shape index (κ3) is 4.14. The van der Waals surface area contributed by atoms with Crippen LogP contribution in [-0.2, 0) is 0 Å². The van der Waals surface area contributed by atoms with Crippen LogP contribution in [0.25, 0.3) is 0 Å². The summed E-state index contributed by atoms with van der Waals surface area (Å²) < 4.78 is 57.8. The van der Waals surface area contributed by atoms with Gasteiger partial charge in [0.15, 0.2) is 17.4 Å². The van der Waals surface area contributed by atoms with Crippen molar-refractivity contribution >= 4 is 0 Å². The maximum absolute atomic E-state index is 13.5. The van der Waals surface area contributed by atoms with E-state index < -0.39 is 29.0 Å². The molecule has 0 heterocycles. The maximum atomic E-state index is 13.5. The lowest BCUT2D eigenvalue weighted by atomic mass is 9.80. The highest BCUT2D eigenvalue weighted by Crippen LogP contribution is 2.33. The molecule has 1 nitrogen and oxygen atoms in total. The van der Waals surface area contributed by atoms with E-state index in [1.807, 2.05) is 0 Å². The third-order valence-electron chi connectivity index (χ3n) is 4.48. The highest BCUT2D eigenvalue weighted by atomic mass is 19.2. The van der Waals surface area contributed by atoms with Crippen LogP contribution in [0.15, 0.2) is 6.07 Å². The average Bonchev–Trinajstić information content (AvgIpc) is 2.54. The van der Waals surface area contributed by atoms with Gasteiger partial charge in [0.05, 0.1) is 6.61 Å². The molecular formula is C17H22F4O. The summed E-state index contributed by atoms with van der Waals surface area (Å²) in [4.78, 5) is 0. The Labute approximate surface area is 128 Å². The minimum Gasteiger partial charge on any atom is -0.490 e. The molecule has 1 aromatic carbocycles. The quantitative estimate of drug-likeness (QED) is 0.376. The van der Waals surface area contributed by atoms with Crippen molar-refractivity contribution in [2.75, 3.05) is 6.61 Å². The molecule has 1 aromatic rings. The summed E-state index contributed by atoms with van der Waals surface area (Å²) in [6.45, 7) is 2.39. The molecule has 2 rings (SSSR count). The first-order valence-corrected chi connectivity index (χ1v) is 7.98. The average molecular weight is 318 g/mol. The van der Waals surface area contributed by atoms with Gasteiger partial charge in [-0.2, -0.15) is 4.39 Å². The fourth-order valence-electron chi connectivity index (χ4n) is 3.04. The van der Waals surface area contributed by atoms with E-state index in [-0.39, 0.29) is 12.5 Å². The Hall–Kier alpha value is -1.26. The molecule has 0 unspecified atom stereocenters. The molecule has 1 saturated carbocycles. The van der Waals surface area contributed by atoms with E-state index in [0.717, 1.165) is 31.6 Å². The van der Waals surface area contributed by atoms with Crippen LogP contribution < -0.4 is 4.74 Å². The van der Waals surface area contributed by atoms with E-state index in [9.17, 15) is 17.6 Å². The minimum absolute atomic E-state index is 0.210. The van der Waals surface area contributed by atoms with Gasteiger partial charge in [0, 0.05) is 6.07 Å². The van der Waals surface area contributed by atoms with E-state index in [2.05, 4.69) is 6.92 Å². The standard InChI is InChI=1S/C17H22F4O/c1-2-3-4-11-5-7-12(8-6-11)10-22-14-9-13(18)15(19)17(21)16(14)20/h9,11-12H,2-8,10H2,1H3/t11-,12-. The zero-order chi connectivity index (χ0) is 16.1. The second-order valence-corrected chi connectivity index (χ2v) is 6.14. The van der Waals surface area contributed by atoms with Gasteiger partial charge in [-0.15, -0.1) is 0 Å². The van der Waals surface area contributed by atoms with Crippen molar-refractivity contribution < 1.29 is 22.3 Å². The van der Waals surface area contributed by atoms with Gasteiger partial charge in [0.1, 0.15) is 0 Å². The molecule has 0 bridgehead atoms. The molecule has 0 aromatic heterocycles. The minimum atomic E-state index is -1.82. The monoisotopic (exact) mass is 318 g/mol. The van der Waals surface area contributed by atoms with E-state index >= 15 is 0 Å². The molecule has 124 valence electrons. The second-order valence-electron chi connectivity index (χ2n) is 6.14. The Morgan fingerprint density at radius 2 is 1.59 bits per heavy atom. The van der Waals surface area contributed by atoms with Gasteiger partial charge in [-0.25, -0.2) is 13.2 Å². The van der Waals surface area contributed by atoms with Crippen LogP contribution in [0.5, 0.6) is 5.75 Å². The third-order valence-corrected chi connectivity index (χ3v) is 4.48. The Balaban J connectivity index is 1.85. The van der Waals surface area contributed by atoms with Crippen LogP contribution in [-0.4, -0.2) is 6.61 Å². The number of rotatable bonds is 6. The number of ether oxygens (including phenoxy) is 1. The van der Waals surface area contributed by atoms with E-state index in [1.54, 1.807) is 0 Å². The summed E-state index contributed by atoms with van der Waals surface area (Å²) in [5.41, 5.74) is 0. The number of halogens is 4. The van der Waals surface area contributed by atoms with Crippen molar-refractivity contribution in [1.29, 1.82) is 0 Å². The van der Waals surface area contributed by atoms with Gasteiger partial charge >= 0.3 is 0 Å². The summed E-state index contributed by atoms with van der Waals surface area (Å²) >= 11 is 0. The molecule has 1 aliphatic carbocycles. The van der Waals surface area contributed by atoms with Crippen LogP contribution in [0.2, 0.25) is 0 Å². The van der Waals surface area contributed by atoms with Crippen LogP contribution in [0, 0.1) is 35.1 Å². The van der Waals surface area contributed by atoms with Crippen LogP contribution in [0.4, 0.5) is 17.6 Å². The van der Waals surface area contributed by atoms with E-state index in [1.165, 1.54) is 19.3 Å². The molecule has 0 N–H and O–H groups in total. The van der Waals surface area contributed by atoms with E-state index in [4.69, 9.17) is 4.74 Å². The van der Waals surface area contributed by atoms with Crippen molar-refractivity contribution in [3.05, 3.63) is 29.3 Å². The summed E-state index contributed by atoms with van der Waals surface area (Å²) in [5, 5.41) is 0. The molecule has 1 fully saturated rings. The summed E-state index contributed by atoms with van der Waals surface area (Å²) in [7, 11) is 0. The highest BCUT2D eigenvalue weighted by Gasteiger charge is 2.23. The Kier molecular flexibility index (Phi) is 6.09. The molecule has 22 heavy (non-hydrogen) atoms. The van der Waals surface area contributed by atoms with Crippen molar-refractivity contribution in [3.8, 4) is 5.75 Å². The number of hydrogen-bond acceptors (Lipinski definition) is 1. The molecule has 0 aliphatic heterocycles. The molecular weight excluding hydrogens is 296 g/mol. The van der Waals surface area contributed by atoms with Crippen LogP contribution >= 0.6 is 0 Å². The predicted molar refractivity (Wildman–Crippen MR) is 76.7 cm³/mol. The number of hydrogen-bond donors (Lipinski definition) is 0. The van der Waals surface area contributed by atoms with Crippen molar-refractivity contribution in [1.82, 2.24) is 0 Å². The Morgan fingerprint density at radius 1 is 0.955 bits per heavy atom. The van der Waals surface area contributed by atoms with Gasteiger partial charge in [0.25, 0.3) is 0 Å². The maximum Gasteiger partial charge on any atom is 0.203 e. The summed E-state index contributed by atoms with van der Waals surface area (Å²) in [5.74, 6) is -6.07. The smallest absolute Gasteiger partial charge is 0.203 e. The van der Waals surface area contributed by atoms with Gasteiger partial charge in [-0.1, -0.05) is 39.0 Å². The number of unbranched alkanes of at least 4 members (excludes halogenated alkanes) is 1. The summed E-state index contributed by atoms with van der Waals surface area (Å²) in [6.07, 6.45) is 7.86. The van der Waals surface area contributed by atoms with Crippen molar-refractivity contribution in [2.24, 2.45) is 11.8 Å². The second kappa shape index (κ2) is 7.84. The lowest BCUT2D eigenvalue weighted by molar-refractivity contribution is 0.171. The van der Waals surface area contributed by atoms with Gasteiger partial charge in [0.2, 0.25) is 11.6 Å². The fourth-order valence-corrected chi connectivity index (χ4v) is 3.04. The zero-order valence-corrected chi connectivity index (χ0v) is 12.8. The molecule has 0 saturated heterocycles. The lowest BCUT2D eigenvalue weighted by Gasteiger charge is -2.28. The highest BCUT2D eigenvalue weighted by molar-refractivity contribution is 5.27. The molecule has 0 radical (unpaired) electrons. The molecule has 1 aliphatic rings. The van der Waals surface area contributed by atoms with Gasteiger partial charge in [-0.3, -0.25) is 0 Å². The van der Waals surface area contributed by atoms with Crippen LogP contribution in [0.1, 0.15) is 51.9 Å². The molecule has 5 heteroatoms.